The molecule has 0 unspecified atom stereocenters. The lowest BCUT2D eigenvalue weighted by Gasteiger charge is -2.00. The van der Waals surface area contributed by atoms with Crippen LogP contribution in [0.25, 0.3) is 0 Å². The van der Waals surface area contributed by atoms with E-state index in [1.807, 2.05) is 24.3 Å². The second-order valence-electron chi connectivity index (χ2n) is 3.04. The first kappa shape index (κ1) is 12.5. The van der Waals surface area contributed by atoms with Gasteiger partial charge >= 0.3 is 0 Å². The third-order valence-electron chi connectivity index (χ3n) is 1.99. The molecule has 2 aromatic rings. The van der Waals surface area contributed by atoms with Gasteiger partial charge in [-0.05, 0) is 56.7 Å². The first-order chi connectivity index (χ1) is 7.59. The molecule has 1 nitrogen and oxygen atoms in total. The molecule has 0 amide bonds. The van der Waals surface area contributed by atoms with Gasteiger partial charge in [-0.3, -0.25) is 4.79 Å². The first-order valence-corrected chi connectivity index (χ1v) is 7.40. The van der Waals surface area contributed by atoms with Crippen LogP contribution >= 0.6 is 61.5 Å². The molecule has 5 heteroatoms. The van der Waals surface area contributed by atoms with E-state index in [-0.39, 0.29) is 5.78 Å². The van der Waals surface area contributed by atoms with Crippen LogP contribution in [0.5, 0.6) is 0 Å². The predicted molar refractivity (Wildman–Crippen MR) is 79.6 cm³/mol. The number of hydrogen-bond donors (Lipinski definition) is 0. The molecule has 0 radical (unpaired) electrons. The van der Waals surface area contributed by atoms with Crippen LogP contribution in [0, 0.1) is 3.57 Å². The van der Waals surface area contributed by atoms with Crippen molar-refractivity contribution < 1.29 is 4.79 Å². The van der Waals surface area contributed by atoms with Gasteiger partial charge in [-0.25, -0.2) is 0 Å². The summed E-state index contributed by atoms with van der Waals surface area (Å²) < 4.78 is 1.74. The van der Waals surface area contributed by atoms with Crippen LogP contribution in [0.3, 0.4) is 0 Å². The Morgan fingerprint density at radius 1 is 1.38 bits per heavy atom. The molecule has 0 fully saturated rings. The molecular weight excluding hydrogens is 422 g/mol. The van der Waals surface area contributed by atoms with Crippen molar-refractivity contribution >= 4 is 67.2 Å². The molecule has 0 aliphatic rings. The van der Waals surface area contributed by atoms with Crippen molar-refractivity contribution in [3.63, 3.8) is 0 Å². The van der Waals surface area contributed by atoms with Gasteiger partial charge < -0.3 is 0 Å². The summed E-state index contributed by atoms with van der Waals surface area (Å²) in [7, 11) is 0. The summed E-state index contributed by atoms with van der Waals surface area (Å²) >= 11 is 12.7. The molecule has 0 N–H and O–H groups in total. The van der Waals surface area contributed by atoms with E-state index in [2.05, 4.69) is 38.5 Å². The summed E-state index contributed by atoms with van der Waals surface area (Å²) in [5, 5.41) is 0.583. The SMILES string of the molecule is O=C(c1cc(Cl)c(Br)s1)c1ccccc1I. The molecule has 0 aliphatic carbocycles. The van der Waals surface area contributed by atoms with Crippen LogP contribution in [-0.4, -0.2) is 5.78 Å². The zero-order chi connectivity index (χ0) is 11.7. The van der Waals surface area contributed by atoms with Gasteiger partial charge in [-0.15, -0.1) is 11.3 Å². The number of thiophene rings is 1. The van der Waals surface area contributed by atoms with Crippen molar-refractivity contribution in [2.24, 2.45) is 0 Å². The van der Waals surface area contributed by atoms with Crippen LogP contribution in [0.1, 0.15) is 15.2 Å². The Balaban J connectivity index is 2.43. The molecule has 0 atom stereocenters. The first-order valence-electron chi connectivity index (χ1n) is 4.33. The highest BCUT2D eigenvalue weighted by molar-refractivity contribution is 14.1. The van der Waals surface area contributed by atoms with Crippen LogP contribution in [0.2, 0.25) is 5.02 Å². The van der Waals surface area contributed by atoms with Crippen molar-refractivity contribution in [2.45, 2.75) is 0 Å². The van der Waals surface area contributed by atoms with E-state index in [1.165, 1.54) is 11.3 Å². The molecular formula is C11H5BrClIOS. The summed E-state index contributed by atoms with van der Waals surface area (Å²) in [5.74, 6) is 0.0163. The summed E-state index contributed by atoms with van der Waals surface area (Å²) in [4.78, 5) is 12.8. The van der Waals surface area contributed by atoms with E-state index < -0.39 is 0 Å². The Bertz CT molecular complexity index is 533. The molecule has 0 spiro atoms. The highest BCUT2D eigenvalue weighted by atomic mass is 127. The monoisotopic (exact) mass is 426 g/mol. The third kappa shape index (κ3) is 2.50. The lowest BCUT2D eigenvalue weighted by molar-refractivity contribution is 0.104. The predicted octanol–water partition coefficient (Wildman–Crippen LogP) is 5.00. The van der Waals surface area contributed by atoms with Gasteiger partial charge in [0.25, 0.3) is 0 Å². The van der Waals surface area contributed by atoms with Gasteiger partial charge in [-0.2, -0.15) is 0 Å². The average molecular weight is 427 g/mol. The Hall–Kier alpha value is 0.0900. The molecule has 1 heterocycles. The second-order valence-corrected chi connectivity index (χ2v) is 6.98. The molecule has 0 aliphatic heterocycles. The van der Waals surface area contributed by atoms with Crippen molar-refractivity contribution in [1.29, 1.82) is 0 Å². The number of halogens is 3. The fraction of sp³-hybridized carbons (Fsp3) is 0. The molecule has 2 rings (SSSR count). The van der Waals surface area contributed by atoms with Crippen LogP contribution in [0.4, 0.5) is 0 Å². The number of carbonyl (C=O) groups is 1. The van der Waals surface area contributed by atoms with Crippen LogP contribution < -0.4 is 0 Å². The zero-order valence-electron chi connectivity index (χ0n) is 7.84. The minimum absolute atomic E-state index is 0.0163. The van der Waals surface area contributed by atoms with Crippen molar-refractivity contribution in [1.82, 2.24) is 0 Å². The topological polar surface area (TPSA) is 17.1 Å². The highest BCUT2D eigenvalue weighted by Gasteiger charge is 2.16. The van der Waals surface area contributed by atoms with Gasteiger partial charge in [0.2, 0.25) is 5.78 Å². The van der Waals surface area contributed by atoms with Crippen molar-refractivity contribution in [3.8, 4) is 0 Å². The number of rotatable bonds is 2. The average Bonchev–Trinajstić information content (AvgIpc) is 2.59. The van der Waals surface area contributed by atoms with E-state index in [9.17, 15) is 4.79 Å². The van der Waals surface area contributed by atoms with Gasteiger partial charge in [0, 0.05) is 9.13 Å². The van der Waals surface area contributed by atoms with Crippen molar-refractivity contribution in [2.75, 3.05) is 0 Å². The summed E-state index contributed by atoms with van der Waals surface area (Å²) in [6.45, 7) is 0. The van der Waals surface area contributed by atoms with Crippen molar-refractivity contribution in [3.05, 3.63) is 53.2 Å². The maximum absolute atomic E-state index is 12.2. The Morgan fingerprint density at radius 2 is 2.06 bits per heavy atom. The van der Waals surface area contributed by atoms with Crippen LogP contribution in [-0.2, 0) is 0 Å². The lowest BCUT2D eigenvalue weighted by Crippen LogP contribution is -2.00. The number of benzene rings is 1. The van der Waals surface area contributed by atoms with Crippen LogP contribution in [0.15, 0.2) is 34.1 Å². The molecule has 0 bridgehead atoms. The van der Waals surface area contributed by atoms with E-state index in [1.54, 1.807) is 6.07 Å². The van der Waals surface area contributed by atoms with E-state index in [0.29, 0.717) is 15.5 Å². The summed E-state index contributed by atoms with van der Waals surface area (Å²) in [6, 6.07) is 9.21. The van der Waals surface area contributed by atoms with E-state index in [4.69, 9.17) is 11.6 Å². The third-order valence-corrected chi connectivity index (χ3v) is 5.40. The molecule has 1 aromatic heterocycles. The minimum Gasteiger partial charge on any atom is -0.288 e. The fourth-order valence-electron chi connectivity index (χ4n) is 1.24. The molecule has 1 aromatic carbocycles. The Morgan fingerprint density at radius 3 is 2.62 bits per heavy atom. The Labute approximate surface area is 124 Å². The summed E-state index contributed by atoms with van der Waals surface area (Å²) in [6.07, 6.45) is 0. The minimum atomic E-state index is 0.0163. The Kier molecular flexibility index (Phi) is 4.05. The van der Waals surface area contributed by atoms with Gasteiger partial charge in [0.05, 0.1) is 13.7 Å². The smallest absolute Gasteiger partial charge is 0.204 e. The number of ketones is 1. The molecule has 0 saturated carbocycles. The maximum atomic E-state index is 12.2. The number of carbonyl (C=O) groups excluding carboxylic acids is 1. The lowest BCUT2D eigenvalue weighted by atomic mass is 10.1. The van der Waals surface area contributed by atoms with Gasteiger partial charge in [0.15, 0.2) is 0 Å². The quantitative estimate of drug-likeness (QED) is 0.487. The molecule has 16 heavy (non-hydrogen) atoms. The second kappa shape index (κ2) is 5.16. The van der Waals surface area contributed by atoms with Gasteiger partial charge in [0.1, 0.15) is 0 Å². The maximum Gasteiger partial charge on any atom is 0.204 e. The summed E-state index contributed by atoms with van der Waals surface area (Å²) in [5.41, 5.74) is 0.716. The van der Waals surface area contributed by atoms with E-state index in [0.717, 1.165) is 7.36 Å². The normalized spacial score (nSPS) is 10.4. The highest BCUT2D eigenvalue weighted by Crippen LogP contribution is 2.33. The molecule has 0 saturated heterocycles. The zero-order valence-corrected chi connectivity index (χ0v) is 13.2. The standard InChI is InChI=1S/C11H5BrClIOS/c12-11-7(13)5-9(16-11)10(15)6-3-1-2-4-8(6)14/h1-5H. The molecule has 82 valence electrons. The largest absolute Gasteiger partial charge is 0.288 e. The fourth-order valence-corrected chi connectivity index (χ4v) is 3.53. The van der Waals surface area contributed by atoms with E-state index >= 15 is 0 Å². The number of hydrogen-bond acceptors (Lipinski definition) is 2. The van der Waals surface area contributed by atoms with Gasteiger partial charge in [-0.1, -0.05) is 23.7 Å².